The van der Waals surface area contributed by atoms with Crippen LogP contribution in [-0.4, -0.2) is 33.2 Å². The molecule has 0 unspecified atom stereocenters. The molecule has 2 aromatic carbocycles. The molecule has 0 saturated heterocycles. The minimum atomic E-state index is -0.688. The van der Waals surface area contributed by atoms with Crippen LogP contribution in [0.3, 0.4) is 0 Å². The van der Waals surface area contributed by atoms with Crippen molar-refractivity contribution in [1.82, 2.24) is 9.78 Å². The number of rotatable bonds is 6. The van der Waals surface area contributed by atoms with Crippen molar-refractivity contribution < 1.29 is 23.6 Å². The van der Waals surface area contributed by atoms with Crippen molar-refractivity contribution >= 4 is 44.8 Å². The van der Waals surface area contributed by atoms with Gasteiger partial charge in [0.2, 0.25) is 0 Å². The molecule has 1 amide bonds. The number of hydrogen-bond donors (Lipinski definition) is 1. The largest absolute Gasteiger partial charge is 0.451 e. The van der Waals surface area contributed by atoms with Gasteiger partial charge in [-0.25, -0.2) is 13.9 Å². The predicted molar refractivity (Wildman–Crippen MR) is 120 cm³/mol. The summed E-state index contributed by atoms with van der Waals surface area (Å²) in [5.74, 6) is -1.68. The van der Waals surface area contributed by atoms with E-state index >= 15 is 0 Å². The van der Waals surface area contributed by atoms with Crippen molar-refractivity contribution in [3.63, 3.8) is 0 Å². The average Bonchev–Trinajstić information content (AvgIpc) is 3.35. The van der Waals surface area contributed by atoms with E-state index in [1.165, 1.54) is 30.3 Å². The molecule has 2 aromatic heterocycles. The molecule has 9 nitrogen and oxygen atoms in total. The van der Waals surface area contributed by atoms with Gasteiger partial charge in [0.15, 0.2) is 6.61 Å². The molecule has 0 bridgehead atoms. The minimum absolute atomic E-state index is 0.163. The number of nitro groups is 1. The summed E-state index contributed by atoms with van der Waals surface area (Å²) in [5, 5.41) is 18.6. The fourth-order valence-corrected chi connectivity index (χ4v) is 4.23. The van der Waals surface area contributed by atoms with Gasteiger partial charge in [-0.3, -0.25) is 14.9 Å². The molecular weight excluding hydrogens is 451 g/mol. The molecule has 0 saturated carbocycles. The average molecular weight is 468 g/mol. The van der Waals surface area contributed by atoms with Gasteiger partial charge in [-0.15, -0.1) is 11.3 Å². The molecule has 0 aliphatic heterocycles. The smallest absolute Gasteiger partial charge is 0.348 e. The van der Waals surface area contributed by atoms with Crippen molar-refractivity contribution in [3.05, 3.63) is 80.6 Å². The Bertz CT molecular complexity index is 1390. The number of hydrogen-bond acceptors (Lipinski definition) is 7. The molecule has 33 heavy (non-hydrogen) atoms. The topological polar surface area (TPSA) is 116 Å². The van der Waals surface area contributed by atoms with Crippen LogP contribution in [-0.2, 0) is 9.53 Å². The third kappa shape index (κ3) is 4.58. The summed E-state index contributed by atoms with van der Waals surface area (Å²) < 4.78 is 20.0. The monoisotopic (exact) mass is 468 g/mol. The highest BCUT2D eigenvalue weighted by Gasteiger charge is 2.19. The highest BCUT2D eigenvalue weighted by atomic mass is 32.1. The number of nitrogens with one attached hydrogen (secondary N) is 1. The molecule has 2 heterocycles. The second-order valence-electron chi connectivity index (χ2n) is 7.18. The lowest BCUT2D eigenvalue weighted by atomic mass is 10.2. The third-order valence-electron chi connectivity index (χ3n) is 4.86. The summed E-state index contributed by atoms with van der Waals surface area (Å²) in [6.45, 7) is 2.92. The number of anilines is 1. The number of benzene rings is 2. The lowest BCUT2D eigenvalue weighted by Crippen LogP contribution is -2.21. The van der Waals surface area contributed by atoms with Crippen LogP contribution in [0.5, 0.6) is 0 Å². The Labute approximate surface area is 190 Å². The van der Waals surface area contributed by atoms with E-state index in [1.807, 2.05) is 0 Å². The van der Waals surface area contributed by atoms with E-state index in [1.54, 1.807) is 36.7 Å². The van der Waals surface area contributed by atoms with Gasteiger partial charge < -0.3 is 10.1 Å². The van der Waals surface area contributed by atoms with Crippen LogP contribution < -0.4 is 5.32 Å². The number of carbonyl (C=O) groups excluding carboxylic acids is 2. The van der Waals surface area contributed by atoms with Crippen molar-refractivity contribution in [3.8, 4) is 5.69 Å². The Morgan fingerprint density at radius 1 is 1.18 bits per heavy atom. The molecule has 0 fully saturated rings. The zero-order chi connectivity index (χ0) is 23.7. The van der Waals surface area contributed by atoms with Crippen molar-refractivity contribution in [1.29, 1.82) is 0 Å². The number of carbonyl (C=O) groups is 2. The van der Waals surface area contributed by atoms with Crippen molar-refractivity contribution in [2.24, 2.45) is 0 Å². The van der Waals surface area contributed by atoms with Gasteiger partial charge in [0.25, 0.3) is 11.6 Å². The Morgan fingerprint density at radius 3 is 2.61 bits per heavy atom. The number of esters is 1. The van der Waals surface area contributed by atoms with Crippen LogP contribution in [0.25, 0.3) is 15.9 Å². The van der Waals surface area contributed by atoms with Gasteiger partial charge in [-0.05, 0) is 49.7 Å². The third-order valence-corrected chi connectivity index (χ3v) is 5.95. The quantitative estimate of drug-likeness (QED) is 0.252. The molecule has 4 aromatic rings. The normalized spacial score (nSPS) is 10.9. The van der Waals surface area contributed by atoms with E-state index in [4.69, 9.17) is 4.74 Å². The Morgan fingerprint density at radius 2 is 1.91 bits per heavy atom. The fraction of sp³-hybridized carbons (Fsp3) is 0.136. The van der Waals surface area contributed by atoms with E-state index in [9.17, 15) is 24.1 Å². The maximum atomic E-state index is 13.2. The standard InChI is InChI=1S/C22H17FN4O5S/c1-12-3-6-16(27(30)31)9-18(12)24-20(28)11-32-22(29)19-10-17-13(2)25-26(21(17)33-19)15-7-4-14(23)5-8-15/h3-10H,11H2,1-2H3,(H,24,28). The molecule has 168 valence electrons. The van der Waals surface area contributed by atoms with Gasteiger partial charge in [-0.2, -0.15) is 5.10 Å². The van der Waals surface area contributed by atoms with E-state index in [2.05, 4.69) is 10.4 Å². The molecule has 11 heteroatoms. The Kier molecular flexibility index (Phi) is 5.88. The first kappa shape index (κ1) is 22.1. The van der Waals surface area contributed by atoms with Gasteiger partial charge in [0.1, 0.15) is 15.5 Å². The molecule has 0 aliphatic rings. The molecule has 0 radical (unpaired) electrons. The summed E-state index contributed by atoms with van der Waals surface area (Å²) in [6, 6.07) is 11.5. The summed E-state index contributed by atoms with van der Waals surface area (Å²) in [4.78, 5) is 36.1. The number of non-ortho nitro benzene ring substituents is 1. The molecule has 0 spiro atoms. The molecular formula is C22H17FN4O5S. The van der Waals surface area contributed by atoms with Crippen molar-refractivity contribution in [2.75, 3.05) is 11.9 Å². The Hall–Kier alpha value is -4.12. The highest BCUT2D eigenvalue weighted by Crippen LogP contribution is 2.31. The first-order valence-corrected chi connectivity index (χ1v) is 10.5. The Balaban J connectivity index is 1.47. The van der Waals surface area contributed by atoms with Gasteiger partial charge >= 0.3 is 5.97 Å². The van der Waals surface area contributed by atoms with Crippen LogP contribution in [0.1, 0.15) is 20.9 Å². The fourth-order valence-electron chi connectivity index (χ4n) is 3.15. The summed E-state index contributed by atoms with van der Waals surface area (Å²) in [7, 11) is 0. The minimum Gasteiger partial charge on any atom is -0.451 e. The van der Waals surface area contributed by atoms with Crippen LogP contribution in [0.15, 0.2) is 48.5 Å². The number of aromatic nitrogens is 2. The second-order valence-corrected chi connectivity index (χ2v) is 8.21. The van der Waals surface area contributed by atoms with Crippen LogP contribution >= 0.6 is 11.3 Å². The maximum absolute atomic E-state index is 13.2. The first-order valence-electron chi connectivity index (χ1n) is 9.70. The van der Waals surface area contributed by atoms with Gasteiger partial charge in [-0.1, -0.05) is 6.07 Å². The lowest BCUT2D eigenvalue weighted by molar-refractivity contribution is -0.384. The van der Waals surface area contributed by atoms with E-state index in [0.717, 1.165) is 16.7 Å². The number of aryl methyl sites for hydroxylation is 2. The predicted octanol–water partition coefficient (Wildman–Crippen LogP) is 4.55. The molecule has 0 aliphatic carbocycles. The number of halogens is 1. The summed E-state index contributed by atoms with van der Waals surface area (Å²) in [5.41, 5.74) is 2.06. The second kappa shape index (κ2) is 8.79. The summed E-state index contributed by atoms with van der Waals surface area (Å²) >= 11 is 1.14. The van der Waals surface area contributed by atoms with E-state index < -0.39 is 23.4 Å². The van der Waals surface area contributed by atoms with E-state index in [0.29, 0.717) is 21.8 Å². The van der Waals surface area contributed by atoms with E-state index in [-0.39, 0.29) is 22.1 Å². The van der Waals surface area contributed by atoms with Crippen LogP contribution in [0.4, 0.5) is 15.8 Å². The summed E-state index contributed by atoms with van der Waals surface area (Å²) in [6.07, 6.45) is 0. The van der Waals surface area contributed by atoms with Gasteiger partial charge in [0, 0.05) is 17.5 Å². The molecule has 4 rings (SSSR count). The number of fused-ring (bicyclic) bond motifs is 1. The number of ether oxygens (including phenoxy) is 1. The van der Waals surface area contributed by atoms with Crippen LogP contribution in [0, 0.1) is 29.8 Å². The molecule has 0 atom stereocenters. The first-order chi connectivity index (χ1) is 15.7. The molecule has 1 N–H and O–H groups in total. The zero-order valence-corrected chi connectivity index (χ0v) is 18.3. The van der Waals surface area contributed by atoms with Crippen molar-refractivity contribution in [2.45, 2.75) is 13.8 Å². The highest BCUT2D eigenvalue weighted by molar-refractivity contribution is 7.20. The van der Waals surface area contributed by atoms with Gasteiger partial charge in [0.05, 0.1) is 22.0 Å². The van der Waals surface area contributed by atoms with Crippen LogP contribution in [0.2, 0.25) is 0 Å². The number of thiophene rings is 1. The number of nitro benzene ring substituents is 1. The lowest BCUT2D eigenvalue weighted by Gasteiger charge is -2.08. The SMILES string of the molecule is Cc1ccc([N+](=O)[O-])cc1NC(=O)COC(=O)c1cc2c(C)nn(-c3ccc(F)cc3)c2s1. The number of nitrogens with zero attached hydrogens (tertiary/aromatic N) is 3. The maximum Gasteiger partial charge on any atom is 0.348 e. The zero-order valence-electron chi connectivity index (χ0n) is 17.5. The number of amides is 1.